The van der Waals surface area contributed by atoms with Gasteiger partial charge in [0.25, 0.3) is 0 Å². The Morgan fingerprint density at radius 3 is 2.47 bits per heavy atom. The molecule has 0 unspecified atom stereocenters. The molecule has 1 fully saturated rings. The van der Waals surface area contributed by atoms with Crippen LogP contribution in [0.5, 0.6) is 0 Å². The maximum absolute atomic E-state index is 8.17. The highest BCUT2D eigenvalue weighted by molar-refractivity contribution is 7.99. The van der Waals surface area contributed by atoms with Crippen LogP contribution in [0.3, 0.4) is 0 Å². The second kappa shape index (κ2) is 7.32. The van der Waals surface area contributed by atoms with E-state index < -0.39 is 0 Å². The first-order valence-corrected chi connectivity index (χ1v) is 8.30. The fourth-order valence-corrected chi connectivity index (χ4v) is 3.70. The average molecular weight is 277 g/mol. The molecule has 0 saturated carbocycles. The molecule has 2 rings (SSSR count). The molecule has 0 aromatic heterocycles. The first kappa shape index (κ1) is 14.9. The van der Waals surface area contributed by atoms with Crippen LogP contribution in [-0.2, 0) is 0 Å². The fraction of sp³-hybridized carbons (Fsp3) is 0.625. The Labute approximate surface area is 121 Å². The van der Waals surface area contributed by atoms with E-state index in [1.807, 2.05) is 6.07 Å². The maximum atomic E-state index is 8.17. The minimum absolute atomic E-state index is 0.0465. The Bertz CT molecular complexity index is 358. The molecule has 1 N–H and O–H groups in total. The molecule has 1 radical (unpaired) electrons. The summed E-state index contributed by atoms with van der Waals surface area (Å²) < 4.78 is 0. The lowest BCUT2D eigenvalue weighted by Crippen LogP contribution is -2.35. The molecule has 1 aliphatic heterocycles. The van der Waals surface area contributed by atoms with E-state index in [9.17, 15) is 0 Å². The number of rotatable bonds is 6. The van der Waals surface area contributed by atoms with E-state index >= 15 is 0 Å². The van der Waals surface area contributed by atoms with Crippen molar-refractivity contribution in [2.45, 2.75) is 56.1 Å². The number of hydrogen-bond donors (Lipinski definition) is 0. The molecule has 105 valence electrons. The zero-order valence-corrected chi connectivity index (χ0v) is 12.8. The molecular weight excluding hydrogens is 252 g/mol. The highest BCUT2D eigenvalue weighted by Crippen LogP contribution is 2.24. The van der Waals surface area contributed by atoms with E-state index in [4.69, 9.17) is 5.73 Å². The van der Waals surface area contributed by atoms with Gasteiger partial charge in [0.2, 0.25) is 0 Å². The van der Waals surface area contributed by atoms with Crippen molar-refractivity contribution in [2.75, 3.05) is 12.3 Å². The average Bonchev–Trinajstić information content (AvgIpc) is 2.75. The molecule has 3 atom stereocenters. The zero-order valence-electron chi connectivity index (χ0n) is 12.0. The second-order valence-corrected chi connectivity index (χ2v) is 6.72. The molecule has 1 heterocycles. The molecular formula is C16H25N2S. The van der Waals surface area contributed by atoms with Crippen LogP contribution in [0, 0.1) is 0 Å². The summed E-state index contributed by atoms with van der Waals surface area (Å²) in [5.74, 6) is 0.903. The van der Waals surface area contributed by atoms with Crippen molar-refractivity contribution in [3.8, 4) is 0 Å². The Kier molecular flexibility index (Phi) is 5.74. The van der Waals surface area contributed by atoms with Crippen molar-refractivity contribution < 1.29 is 0 Å². The van der Waals surface area contributed by atoms with Gasteiger partial charge in [-0.2, -0.15) is 0 Å². The Balaban J connectivity index is 1.68. The van der Waals surface area contributed by atoms with E-state index in [0.717, 1.165) is 18.7 Å². The van der Waals surface area contributed by atoms with Crippen LogP contribution in [0.2, 0.25) is 0 Å². The number of nitrogens with one attached hydrogen (secondary N) is 1. The fourth-order valence-electron chi connectivity index (χ4n) is 2.79. The first-order valence-electron chi connectivity index (χ1n) is 7.31. The minimum Gasteiger partial charge on any atom is -0.298 e. The summed E-state index contributed by atoms with van der Waals surface area (Å²) >= 11 is 1.81. The van der Waals surface area contributed by atoms with Crippen LogP contribution in [0.15, 0.2) is 35.2 Å². The molecule has 1 aromatic carbocycles. The number of hydrogen-bond acceptors (Lipinski definition) is 2. The van der Waals surface area contributed by atoms with Gasteiger partial charge >= 0.3 is 0 Å². The minimum atomic E-state index is 0.0465. The van der Waals surface area contributed by atoms with Crippen LogP contribution in [-0.4, -0.2) is 35.3 Å². The molecule has 3 heteroatoms. The van der Waals surface area contributed by atoms with E-state index in [1.54, 1.807) is 11.8 Å². The van der Waals surface area contributed by atoms with Gasteiger partial charge in [-0.05, 0) is 45.2 Å². The Morgan fingerprint density at radius 2 is 1.84 bits per heavy atom. The molecule has 1 aliphatic rings. The first-order chi connectivity index (χ1) is 9.16. The van der Waals surface area contributed by atoms with Crippen molar-refractivity contribution in [3.05, 3.63) is 30.3 Å². The monoisotopic (exact) mass is 277 g/mol. The van der Waals surface area contributed by atoms with Gasteiger partial charge in [0, 0.05) is 35.3 Å². The van der Waals surface area contributed by atoms with Gasteiger partial charge in [0.15, 0.2) is 0 Å². The van der Waals surface area contributed by atoms with Crippen LogP contribution < -0.4 is 5.73 Å². The smallest absolute Gasteiger partial charge is 0.0319 e. The van der Waals surface area contributed by atoms with Crippen molar-refractivity contribution in [3.63, 3.8) is 0 Å². The lowest BCUT2D eigenvalue weighted by molar-refractivity contribution is 0.207. The summed E-state index contributed by atoms with van der Waals surface area (Å²) in [6, 6.07) is 11.9. The standard InChI is InChI=1S/C16H25N2S/c1-13-8-9-14(2)18(13)11-10-15(17)12-19-16-6-4-3-5-7-16/h3-7,13-15,17H,8-12H2,1-2H3/t13-,14+,15-/m1/s1. The predicted molar refractivity (Wildman–Crippen MR) is 83.5 cm³/mol. The summed E-state index contributed by atoms with van der Waals surface area (Å²) in [6.07, 6.45) is 3.64. The third-order valence-electron chi connectivity index (χ3n) is 4.06. The van der Waals surface area contributed by atoms with Crippen LogP contribution >= 0.6 is 11.8 Å². The molecule has 0 amide bonds. The maximum Gasteiger partial charge on any atom is 0.0319 e. The van der Waals surface area contributed by atoms with Gasteiger partial charge < -0.3 is 0 Å². The molecule has 2 nitrogen and oxygen atoms in total. The summed E-state index contributed by atoms with van der Waals surface area (Å²) in [6.45, 7) is 5.73. The molecule has 0 aliphatic carbocycles. The summed E-state index contributed by atoms with van der Waals surface area (Å²) in [4.78, 5) is 3.86. The van der Waals surface area contributed by atoms with Gasteiger partial charge in [-0.25, -0.2) is 0 Å². The molecule has 1 aromatic rings. The zero-order chi connectivity index (χ0) is 13.7. The molecule has 19 heavy (non-hydrogen) atoms. The topological polar surface area (TPSA) is 27.0 Å². The summed E-state index contributed by atoms with van der Waals surface area (Å²) in [5.41, 5.74) is 8.17. The van der Waals surface area contributed by atoms with Crippen LogP contribution in [0.25, 0.3) is 0 Å². The predicted octanol–water partition coefficient (Wildman–Crippen LogP) is 3.69. The molecule has 0 bridgehead atoms. The van der Waals surface area contributed by atoms with E-state index in [1.165, 1.54) is 17.7 Å². The van der Waals surface area contributed by atoms with Crippen LogP contribution in [0.1, 0.15) is 33.1 Å². The quantitative estimate of drug-likeness (QED) is 0.741. The number of thioether (sulfide) groups is 1. The normalized spacial score (nSPS) is 25.6. The highest BCUT2D eigenvalue weighted by atomic mass is 32.2. The molecule has 1 saturated heterocycles. The van der Waals surface area contributed by atoms with Crippen molar-refractivity contribution in [1.82, 2.24) is 10.6 Å². The number of likely N-dealkylation sites (tertiary alicyclic amines) is 1. The number of nitrogens with zero attached hydrogens (tertiary/aromatic N) is 1. The Morgan fingerprint density at radius 1 is 1.21 bits per heavy atom. The molecule has 0 spiro atoms. The van der Waals surface area contributed by atoms with E-state index in [2.05, 4.69) is 43.0 Å². The van der Waals surface area contributed by atoms with Crippen molar-refractivity contribution >= 4 is 11.8 Å². The number of benzene rings is 1. The third-order valence-corrected chi connectivity index (χ3v) is 5.24. The van der Waals surface area contributed by atoms with Gasteiger partial charge in [-0.3, -0.25) is 10.6 Å². The SMILES string of the molecule is C[C@@H]1CC[C@H](C)N1CC[C@@H]([NH])CSc1ccccc1. The van der Waals surface area contributed by atoms with Crippen molar-refractivity contribution in [2.24, 2.45) is 0 Å². The van der Waals surface area contributed by atoms with E-state index in [0.29, 0.717) is 12.1 Å². The van der Waals surface area contributed by atoms with Crippen LogP contribution in [0.4, 0.5) is 0 Å². The highest BCUT2D eigenvalue weighted by Gasteiger charge is 2.26. The lowest BCUT2D eigenvalue weighted by atomic mass is 10.2. The summed E-state index contributed by atoms with van der Waals surface area (Å²) in [7, 11) is 0. The van der Waals surface area contributed by atoms with Crippen molar-refractivity contribution in [1.29, 1.82) is 0 Å². The van der Waals surface area contributed by atoms with Gasteiger partial charge in [-0.15, -0.1) is 11.8 Å². The third kappa shape index (κ3) is 4.51. The van der Waals surface area contributed by atoms with E-state index in [-0.39, 0.29) is 6.04 Å². The van der Waals surface area contributed by atoms with Gasteiger partial charge in [0.05, 0.1) is 0 Å². The van der Waals surface area contributed by atoms with Gasteiger partial charge in [-0.1, -0.05) is 18.2 Å². The summed E-state index contributed by atoms with van der Waals surface area (Å²) in [5, 5.41) is 0. The Hall–Kier alpha value is -0.510. The second-order valence-electron chi connectivity index (χ2n) is 5.62. The largest absolute Gasteiger partial charge is 0.298 e. The van der Waals surface area contributed by atoms with Gasteiger partial charge in [0.1, 0.15) is 0 Å². The lowest BCUT2D eigenvalue weighted by Gasteiger charge is -2.26.